The summed E-state index contributed by atoms with van der Waals surface area (Å²) in [5.41, 5.74) is 2.97. The van der Waals surface area contributed by atoms with Crippen LogP contribution in [0.15, 0.2) is 42.5 Å². The van der Waals surface area contributed by atoms with Gasteiger partial charge in [-0.1, -0.05) is 0 Å². The van der Waals surface area contributed by atoms with Gasteiger partial charge in [-0.3, -0.25) is 9.59 Å². The van der Waals surface area contributed by atoms with E-state index in [9.17, 15) is 9.59 Å². The number of carbonyl (C=O) groups excluding carboxylic acids is 2. The fraction of sp³-hybridized carbons (Fsp3) is 0.263. The molecule has 0 spiro atoms. The summed E-state index contributed by atoms with van der Waals surface area (Å²) in [5, 5.41) is 5.54. The van der Waals surface area contributed by atoms with Crippen molar-refractivity contribution in [3.05, 3.63) is 59.7 Å². The second-order valence-electron chi connectivity index (χ2n) is 6.79. The molecule has 0 bridgehead atoms. The number of aromatic amines is 1. The zero-order valence-electron chi connectivity index (χ0n) is 15.9. The zero-order valence-corrected chi connectivity index (χ0v) is 15.9. The van der Waals surface area contributed by atoms with Gasteiger partial charge in [0.2, 0.25) is 0 Å². The fourth-order valence-corrected chi connectivity index (χ4v) is 3.37. The lowest BCUT2D eigenvalue weighted by atomic mass is 10.2. The van der Waals surface area contributed by atoms with Crippen LogP contribution in [0.1, 0.15) is 39.3 Å². The predicted octanol–water partition coefficient (Wildman–Crippen LogP) is 1.30. The maximum atomic E-state index is 12.4. The maximum Gasteiger partial charge on any atom is 0.291 e. The summed E-state index contributed by atoms with van der Waals surface area (Å²) in [6, 6.07) is 5.33. The molecule has 1 aromatic carbocycles. The highest BCUT2D eigenvalue weighted by molar-refractivity contribution is 5.97. The van der Waals surface area contributed by atoms with Gasteiger partial charge in [0.25, 0.3) is 11.8 Å². The average Bonchev–Trinajstić information content (AvgIpc) is 3.38. The van der Waals surface area contributed by atoms with Gasteiger partial charge in [0.15, 0.2) is 5.82 Å². The minimum absolute atomic E-state index is 0.0347. The molecule has 28 heavy (non-hydrogen) atoms. The number of H-pyrrole nitrogens is 1. The lowest BCUT2D eigenvalue weighted by Crippen LogP contribution is -2.25. The smallest absolute Gasteiger partial charge is 0.291 e. The number of benzene rings is 1. The van der Waals surface area contributed by atoms with E-state index in [0.717, 1.165) is 22.6 Å². The number of carbonyl (C=O) groups is 2. The van der Waals surface area contributed by atoms with Crippen LogP contribution in [0.2, 0.25) is 0 Å². The molecular weight excluding hydrogens is 358 g/mol. The predicted molar refractivity (Wildman–Crippen MR) is 103 cm³/mol. The molecule has 1 atom stereocenters. The summed E-state index contributed by atoms with van der Waals surface area (Å²) >= 11 is 0. The highest BCUT2D eigenvalue weighted by atomic mass is 16.2. The van der Waals surface area contributed by atoms with Crippen LogP contribution in [0, 0.1) is 0 Å². The molecule has 1 aliphatic rings. The topological polar surface area (TPSA) is 108 Å². The molecule has 3 aromatic rings. The zero-order chi connectivity index (χ0) is 19.8. The van der Waals surface area contributed by atoms with E-state index in [1.807, 2.05) is 24.2 Å². The summed E-state index contributed by atoms with van der Waals surface area (Å²) in [6.07, 6.45) is 5.83. The van der Waals surface area contributed by atoms with Gasteiger partial charge in [-0.15, -0.1) is 0 Å². The van der Waals surface area contributed by atoms with Crippen molar-refractivity contribution in [2.75, 3.05) is 14.1 Å². The molecular formula is C19H21N7O2. The van der Waals surface area contributed by atoms with Crippen LogP contribution in [0.25, 0.3) is 11.0 Å². The van der Waals surface area contributed by atoms with Crippen molar-refractivity contribution in [3.63, 3.8) is 0 Å². The van der Waals surface area contributed by atoms with Crippen LogP contribution < -0.4 is 10.6 Å². The number of nitrogens with zero attached hydrogens (tertiary/aromatic N) is 4. The van der Waals surface area contributed by atoms with Crippen molar-refractivity contribution >= 4 is 22.8 Å². The molecule has 2 amide bonds. The molecule has 2 aromatic heterocycles. The van der Waals surface area contributed by atoms with Crippen LogP contribution >= 0.6 is 0 Å². The van der Waals surface area contributed by atoms with E-state index >= 15 is 0 Å². The SMILES string of the molecule is CNC(=O)c1ccc2nc(C3CC(NC(=O)c4nccn4C)=CN3C)[nH]c2c1. The summed E-state index contributed by atoms with van der Waals surface area (Å²) in [4.78, 5) is 38.3. The van der Waals surface area contributed by atoms with Crippen molar-refractivity contribution in [2.45, 2.75) is 12.5 Å². The standard InChI is InChI=1S/C19H21N7O2/c1-20-18(27)11-4-5-13-14(8-11)24-16(23-13)15-9-12(10-26(15)3)22-19(28)17-21-6-7-25(17)2/h4-8,10,15H,9H2,1-3H3,(H,20,27)(H,22,28)(H,23,24). The molecule has 0 fully saturated rings. The summed E-state index contributed by atoms with van der Waals surface area (Å²) in [7, 11) is 5.32. The molecule has 1 aliphatic heterocycles. The summed E-state index contributed by atoms with van der Waals surface area (Å²) in [6.45, 7) is 0. The van der Waals surface area contributed by atoms with Gasteiger partial charge in [0, 0.05) is 57.4 Å². The Kier molecular flexibility index (Phi) is 4.34. The number of fused-ring (bicyclic) bond motifs is 1. The first-order valence-electron chi connectivity index (χ1n) is 8.89. The third kappa shape index (κ3) is 3.11. The Labute approximate surface area is 161 Å². The second-order valence-corrected chi connectivity index (χ2v) is 6.79. The van der Waals surface area contributed by atoms with Crippen molar-refractivity contribution in [2.24, 2.45) is 7.05 Å². The van der Waals surface area contributed by atoms with Crippen LogP contribution in [0.5, 0.6) is 0 Å². The monoisotopic (exact) mass is 379 g/mol. The van der Waals surface area contributed by atoms with E-state index in [4.69, 9.17) is 0 Å². The van der Waals surface area contributed by atoms with Crippen molar-refractivity contribution in [1.82, 2.24) is 35.1 Å². The van der Waals surface area contributed by atoms with E-state index in [1.54, 1.807) is 43.2 Å². The van der Waals surface area contributed by atoms with Crippen molar-refractivity contribution in [1.29, 1.82) is 0 Å². The number of aryl methyl sites for hydroxylation is 1. The minimum Gasteiger partial charge on any atom is -0.368 e. The van der Waals surface area contributed by atoms with Gasteiger partial charge in [-0.05, 0) is 18.2 Å². The quantitative estimate of drug-likeness (QED) is 0.633. The number of hydrogen-bond acceptors (Lipinski definition) is 5. The molecule has 3 N–H and O–H groups in total. The van der Waals surface area contributed by atoms with Gasteiger partial charge in [-0.25, -0.2) is 9.97 Å². The lowest BCUT2D eigenvalue weighted by Gasteiger charge is -2.17. The highest BCUT2D eigenvalue weighted by Crippen LogP contribution is 2.31. The Morgan fingerprint density at radius 3 is 2.79 bits per heavy atom. The number of aromatic nitrogens is 4. The van der Waals surface area contributed by atoms with Crippen LogP contribution in [-0.4, -0.2) is 50.3 Å². The summed E-state index contributed by atoms with van der Waals surface area (Å²) in [5.74, 6) is 0.756. The van der Waals surface area contributed by atoms with Gasteiger partial charge in [-0.2, -0.15) is 0 Å². The Morgan fingerprint density at radius 1 is 1.25 bits per heavy atom. The first-order chi connectivity index (χ1) is 13.5. The molecule has 0 saturated carbocycles. The van der Waals surface area contributed by atoms with Crippen LogP contribution in [-0.2, 0) is 7.05 Å². The molecule has 0 saturated heterocycles. The molecule has 0 aliphatic carbocycles. The van der Waals surface area contributed by atoms with E-state index in [-0.39, 0.29) is 17.9 Å². The normalized spacial score (nSPS) is 16.3. The molecule has 144 valence electrons. The van der Waals surface area contributed by atoms with Gasteiger partial charge in [0.05, 0.1) is 17.1 Å². The largest absolute Gasteiger partial charge is 0.368 e. The van der Waals surface area contributed by atoms with E-state index in [1.165, 1.54) is 0 Å². The number of amides is 2. The van der Waals surface area contributed by atoms with E-state index < -0.39 is 0 Å². The minimum atomic E-state index is -0.243. The van der Waals surface area contributed by atoms with Gasteiger partial charge in [0.1, 0.15) is 5.82 Å². The molecule has 9 nitrogen and oxygen atoms in total. The molecule has 3 heterocycles. The third-order valence-corrected chi connectivity index (χ3v) is 4.87. The van der Waals surface area contributed by atoms with Crippen molar-refractivity contribution in [3.8, 4) is 0 Å². The molecule has 1 unspecified atom stereocenters. The molecule has 4 rings (SSSR count). The van der Waals surface area contributed by atoms with Crippen LogP contribution in [0.3, 0.4) is 0 Å². The Balaban J connectivity index is 1.52. The average molecular weight is 379 g/mol. The number of nitrogens with one attached hydrogen (secondary N) is 3. The number of imidazole rings is 2. The number of hydrogen-bond donors (Lipinski definition) is 3. The van der Waals surface area contributed by atoms with Crippen LogP contribution in [0.4, 0.5) is 0 Å². The highest BCUT2D eigenvalue weighted by Gasteiger charge is 2.28. The molecule has 0 radical (unpaired) electrons. The fourth-order valence-electron chi connectivity index (χ4n) is 3.37. The van der Waals surface area contributed by atoms with Gasteiger partial charge < -0.3 is 25.1 Å². The van der Waals surface area contributed by atoms with Crippen molar-refractivity contribution < 1.29 is 9.59 Å². The Bertz CT molecular complexity index is 1090. The van der Waals surface area contributed by atoms with E-state index in [2.05, 4.69) is 25.6 Å². The first kappa shape index (κ1) is 17.8. The maximum absolute atomic E-state index is 12.4. The first-order valence-corrected chi connectivity index (χ1v) is 8.89. The lowest BCUT2D eigenvalue weighted by molar-refractivity contribution is 0.0947. The second kappa shape index (κ2) is 6.84. The molecule has 9 heteroatoms. The summed E-state index contributed by atoms with van der Waals surface area (Å²) < 4.78 is 1.68. The van der Waals surface area contributed by atoms with E-state index in [0.29, 0.717) is 17.8 Å². The Morgan fingerprint density at radius 2 is 2.07 bits per heavy atom. The Hall–Kier alpha value is -3.62. The third-order valence-electron chi connectivity index (χ3n) is 4.87. The van der Waals surface area contributed by atoms with Gasteiger partial charge >= 0.3 is 0 Å². The number of rotatable bonds is 4.